The first-order valence-corrected chi connectivity index (χ1v) is 6.30. The lowest BCUT2D eigenvalue weighted by atomic mass is 9.80. The minimum atomic E-state index is -0.729. The highest BCUT2D eigenvalue weighted by molar-refractivity contribution is 9.10. The van der Waals surface area contributed by atoms with Crippen LogP contribution in [0.15, 0.2) is 28.7 Å². The van der Waals surface area contributed by atoms with Crippen LogP contribution in [0, 0.1) is 5.92 Å². The Labute approximate surface area is 101 Å². The molecule has 1 N–H and O–H groups in total. The van der Waals surface area contributed by atoms with E-state index in [9.17, 15) is 5.11 Å². The Bertz CT molecular complexity index is 316. The highest BCUT2D eigenvalue weighted by atomic mass is 79.9. The van der Waals surface area contributed by atoms with E-state index in [0.29, 0.717) is 5.92 Å². The molecule has 0 fully saturated rings. The Morgan fingerprint density at radius 3 is 2.40 bits per heavy atom. The molecule has 0 spiro atoms. The first-order valence-electron chi connectivity index (χ1n) is 5.50. The molecule has 1 rings (SSSR count). The van der Waals surface area contributed by atoms with E-state index in [2.05, 4.69) is 29.8 Å². The van der Waals surface area contributed by atoms with Gasteiger partial charge in [0.05, 0.1) is 5.60 Å². The van der Waals surface area contributed by atoms with Crippen molar-refractivity contribution in [2.75, 3.05) is 0 Å². The Balaban J connectivity index is 3.03. The van der Waals surface area contributed by atoms with Gasteiger partial charge in [0.25, 0.3) is 0 Å². The highest BCUT2D eigenvalue weighted by Gasteiger charge is 2.31. The van der Waals surface area contributed by atoms with Gasteiger partial charge in [-0.25, -0.2) is 0 Å². The Morgan fingerprint density at radius 2 is 1.93 bits per heavy atom. The molecule has 0 saturated heterocycles. The SMILES string of the molecule is CCC(CC)C(C)(O)c1cccc(Br)c1. The van der Waals surface area contributed by atoms with Crippen molar-refractivity contribution < 1.29 is 5.11 Å². The molecule has 0 bridgehead atoms. The molecule has 0 heterocycles. The number of hydrogen-bond donors (Lipinski definition) is 1. The van der Waals surface area contributed by atoms with E-state index in [1.54, 1.807) is 0 Å². The number of benzene rings is 1. The Hall–Kier alpha value is -0.340. The maximum absolute atomic E-state index is 10.5. The smallest absolute Gasteiger partial charge is 0.0896 e. The lowest BCUT2D eigenvalue weighted by molar-refractivity contribution is -0.00954. The van der Waals surface area contributed by atoms with E-state index in [4.69, 9.17) is 0 Å². The first kappa shape index (κ1) is 12.7. The van der Waals surface area contributed by atoms with Crippen LogP contribution in [-0.2, 0) is 5.60 Å². The van der Waals surface area contributed by atoms with Crippen LogP contribution in [0.3, 0.4) is 0 Å². The zero-order valence-electron chi connectivity index (χ0n) is 9.63. The summed E-state index contributed by atoms with van der Waals surface area (Å²) in [7, 11) is 0. The second-order valence-corrected chi connectivity index (χ2v) is 5.09. The molecule has 1 aromatic rings. The Kier molecular flexibility index (Phi) is 4.35. The van der Waals surface area contributed by atoms with Gasteiger partial charge >= 0.3 is 0 Å². The first-order chi connectivity index (χ1) is 7.02. The van der Waals surface area contributed by atoms with Crippen molar-refractivity contribution in [3.8, 4) is 0 Å². The van der Waals surface area contributed by atoms with E-state index in [-0.39, 0.29) is 0 Å². The van der Waals surface area contributed by atoms with Crippen LogP contribution in [0.2, 0.25) is 0 Å². The normalized spacial score (nSPS) is 15.3. The third kappa shape index (κ3) is 2.82. The van der Waals surface area contributed by atoms with Gasteiger partial charge in [-0.1, -0.05) is 54.8 Å². The van der Waals surface area contributed by atoms with Crippen molar-refractivity contribution in [2.45, 2.75) is 39.2 Å². The zero-order chi connectivity index (χ0) is 11.5. The highest BCUT2D eigenvalue weighted by Crippen LogP contribution is 2.34. The van der Waals surface area contributed by atoms with E-state index >= 15 is 0 Å². The quantitative estimate of drug-likeness (QED) is 0.874. The van der Waals surface area contributed by atoms with Crippen LogP contribution in [0.4, 0.5) is 0 Å². The van der Waals surface area contributed by atoms with Gasteiger partial charge in [-0.05, 0) is 30.5 Å². The molecule has 1 aromatic carbocycles. The third-order valence-corrected chi connectivity index (χ3v) is 3.68. The summed E-state index contributed by atoms with van der Waals surface area (Å²) in [5.41, 5.74) is 0.262. The molecule has 15 heavy (non-hydrogen) atoms. The van der Waals surface area contributed by atoms with E-state index < -0.39 is 5.60 Å². The molecule has 2 heteroatoms. The van der Waals surface area contributed by atoms with Crippen LogP contribution < -0.4 is 0 Å². The fourth-order valence-corrected chi connectivity index (χ4v) is 2.52. The molecular formula is C13H19BrO. The maximum atomic E-state index is 10.5. The van der Waals surface area contributed by atoms with Crippen molar-refractivity contribution in [1.29, 1.82) is 0 Å². The van der Waals surface area contributed by atoms with Crippen LogP contribution in [0.25, 0.3) is 0 Å². The van der Waals surface area contributed by atoms with Gasteiger partial charge in [0.1, 0.15) is 0 Å². The van der Waals surface area contributed by atoms with Crippen molar-refractivity contribution in [3.63, 3.8) is 0 Å². The predicted molar refractivity (Wildman–Crippen MR) is 67.8 cm³/mol. The Morgan fingerprint density at radius 1 is 1.33 bits per heavy atom. The molecule has 1 nitrogen and oxygen atoms in total. The topological polar surface area (TPSA) is 20.2 Å². The summed E-state index contributed by atoms with van der Waals surface area (Å²) in [5.74, 6) is 0.312. The summed E-state index contributed by atoms with van der Waals surface area (Å²) >= 11 is 3.44. The summed E-state index contributed by atoms with van der Waals surface area (Å²) in [5, 5.41) is 10.5. The van der Waals surface area contributed by atoms with Crippen LogP contribution in [-0.4, -0.2) is 5.11 Å². The van der Waals surface area contributed by atoms with Gasteiger partial charge in [0, 0.05) is 4.47 Å². The fraction of sp³-hybridized carbons (Fsp3) is 0.538. The van der Waals surface area contributed by atoms with Crippen molar-refractivity contribution >= 4 is 15.9 Å². The molecule has 1 atom stereocenters. The lowest BCUT2D eigenvalue weighted by Gasteiger charge is -2.32. The minimum Gasteiger partial charge on any atom is -0.385 e. The molecule has 0 amide bonds. The zero-order valence-corrected chi connectivity index (χ0v) is 11.2. The molecule has 84 valence electrons. The molecule has 0 aliphatic carbocycles. The number of rotatable bonds is 4. The molecule has 0 aromatic heterocycles. The fourth-order valence-electron chi connectivity index (χ4n) is 2.12. The summed E-state index contributed by atoms with van der Waals surface area (Å²) < 4.78 is 1.02. The third-order valence-electron chi connectivity index (χ3n) is 3.19. The van der Waals surface area contributed by atoms with Gasteiger partial charge in [-0.3, -0.25) is 0 Å². The predicted octanol–water partition coefficient (Wildman–Crippen LogP) is 4.09. The molecule has 0 radical (unpaired) electrons. The number of hydrogen-bond acceptors (Lipinski definition) is 1. The van der Waals surface area contributed by atoms with Crippen LogP contribution >= 0.6 is 15.9 Å². The largest absolute Gasteiger partial charge is 0.385 e. The monoisotopic (exact) mass is 270 g/mol. The van der Waals surface area contributed by atoms with Crippen molar-refractivity contribution in [1.82, 2.24) is 0 Å². The van der Waals surface area contributed by atoms with Gasteiger partial charge in [-0.15, -0.1) is 0 Å². The van der Waals surface area contributed by atoms with Crippen LogP contribution in [0.5, 0.6) is 0 Å². The second-order valence-electron chi connectivity index (χ2n) is 4.17. The standard InChI is InChI=1S/C13H19BrO/c1-4-10(5-2)13(3,15)11-7-6-8-12(14)9-11/h6-10,15H,4-5H2,1-3H3. The van der Waals surface area contributed by atoms with E-state index in [0.717, 1.165) is 22.9 Å². The number of aliphatic hydroxyl groups is 1. The summed E-state index contributed by atoms with van der Waals surface area (Å²) in [6, 6.07) is 7.93. The van der Waals surface area contributed by atoms with Crippen molar-refractivity contribution in [2.24, 2.45) is 5.92 Å². The van der Waals surface area contributed by atoms with Gasteiger partial charge < -0.3 is 5.11 Å². The second kappa shape index (κ2) is 5.13. The molecular weight excluding hydrogens is 252 g/mol. The maximum Gasteiger partial charge on any atom is 0.0896 e. The van der Waals surface area contributed by atoms with E-state index in [1.807, 2.05) is 31.2 Å². The molecule has 0 aliphatic rings. The van der Waals surface area contributed by atoms with E-state index in [1.165, 1.54) is 0 Å². The van der Waals surface area contributed by atoms with Crippen LogP contribution in [0.1, 0.15) is 39.2 Å². The summed E-state index contributed by atoms with van der Waals surface area (Å²) in [4.78, 5) is 0. The summed E-state index contributed by atoms with van der Waals surface area (Å²) in [6.07, 6.45) is 1.99. The summed E-state index contributed by atoms with van der Waals surface area (Å²) in [6.45, 7) is 6.16. The minimum absolute atomic E-state index is 0.312. The van der Waals surface area contributed by atoms with Crippen molar-refractivity contribution in [3.05, 3.63) is 34.3 Å². The lowest BCUT2D eigenvalue weighted by Crippen LogP contribution is -2.31. The van der Waals surface area contributed by atoms with Gasteiger partial charge in [0.15, 0.2) is 0 Å². The van der Waals surface area contributed by atoms with Gasteiger partial charge in [0.2, 0.25) is 0 Å². The molecule has 1 unspecified atom stereocenters. The molecule has 0 saturated carbocycles. The van der Waals surface area contributed by atoms with Gasteiger partial charge in [-0.2, -0.15) is 0 Å². The average Bonchev–Trinajstić information content (AvgIpc) is 2.19. The number of halogens is 1. The molecule has 0 aliphatic heterocycles. The average molecular weight is 271 g/mol.